The van der Waals surface area contributed by atoms with Crippen LogP contribution < -0.4 is 5.73 Å². The first-order chi connectivity index (χ1) is 6.63. The van der Waals surface area contributed by atoms with E-state index in [1.165, 1.54) is 22.0 Å². The molecule has 0 aliphatic carbocycles. The molecule has 2 nitrogen and oxygen atoms in total. The van der Waals surface area contributed by atoms with E-state index in [1.807, 2.05) is 11.3 Å². The summed E-state index contributed by atoms with van der Waals surface area (Å²) in [5.74, 6) is 0. The van der Waals surface area contributed by atoms with E-state index in [1.54, 1.807) is 0 Å². The van der Waals surface area contributed by atoms with Crippen molar-refractivity contribution in [3.63, 3.8) is 0 Å². The van der Waals surface area contributed by atoms with Gasteiger partial charge in [-0.1, -0.05) is 6.92 Å². The summed E-state index contributed by atoms with van der Waals surface area (Å²) < 4.78 is 0. The Hall–Kier alpha value is -0.410. The van der Waals surface area contributed by atoms with Gasteiger partial charge in [0.2, 0.25) is 0 Å². The second-order valence-electron chi connectivity index (χ2n) is 3.88. The monoisotopic (exact) mass is 212 g/mol. The van der Waals surface area contributed by atoms with Crippen LogP contribution in [-0.2, 0) is 12.8 Å². The van der Waals surface area contributed by atoms with Crippen molar-refractivity contribution in [3.8, 4) is 0 Å². The molecule has 1 atom stereocenters. The summed E-state index contributed by atoms with van der Waals surface area (Å²) in [4.78, 5) is 5.98. The van der Waals surface area contributed by atoms with Crippen LogP contribution in [0.15, 0.2) is 0 Å². The number of aromatic nitrogens is 1. The van der Waals surface area contributed by atoms with Crippen molar-refractivity contribution in [1.29, 1.82) is 0 Å². The standard InChI is InChI=1S/C11H20N2S/c1-4-5-11-13-9(3)10(14-11)7-6-8(2)12/h8H,4-7,12H2,1-3H3. The predicted octanol–water partition coefficient (Wildman–Crippen LogP) is 2.68. The molecule has 1 aromatic heterocycles. The normalized spacial score (nSPS) is 13.1. The molecule has 1 rings (SSSR count). The molecule has 0 saturated heterocycles. The second-order valence-corrected chi connectivity index (χ2v) is 5.05. The molecule has 1 aromatic rings. The van der Waals surface area contributed by atoms with Crippen LogP contribution in [0, 0.1) is 6.92 Å². The lowest BCUT2D eigenvalue weighted by Crippen LogP contribution is -2.15. The summed E-state index contributed by atoms with van der Waals surface area (Å²) in [6.45, 7) is 6.36. The topological polar surface area (TPSA) is 38.9 Å². The van der Waals surface area contributed by atoms with Crippen LogP contribution in [0.1, 0.15) is 42.3 Å². The van der Waals surface area contributed by atoms with E-state index >= 15 is 0 Å². The predicted molar refractivity (Wildman–Crippen MR) is 62.8 cm³/mol. The largest absolute Gasteiger partial charge is 0.328 e. The molecule has 0 saturated carbocycles. The van der Waals surface area contributed by atoms with Gasteiger partial charge in [-0.05, 0) is 39.5 Å². The van der Waals surface area contributed by atoms with Gasteiger partial charge in [-0.15, -0.1) is 11.3 Å². The smallest absolute Gasteiger partial charge is 0.0930 e. The molecule has 3 heteroatoms. The lowest BCUT2D eigenvalue weighted by molar-refractivity contribution is 0.668. The average Bonchev–Trinajstić information content (AvgIpc) is 2.44. The molecule has 0 radical (unpaired) electrons. The van der Waals surface area contributed by atoms with E-state index < -0.39 is 0 Å². The molecule has 0 fully saturated rings. The van der Waals surface area contributed by atoms with Crippen LogP contribution in [0.2, 0.25) is 0 Å². The highest BCUT2D eigenvalue weighted by molar-refractivity contribution is 7.11. The minimum atomic E-state index is 0.297. The molecule has 0 bridgehead atoms. The van der Waals surface area contributed by atoms with Gasteiger partial charge in [0.15, 0.2) is 0 Å². The van der Waals surface area contributed by atoms with Crippen LogP contribution in [-0.4, -0.2) is 11.0 Å². The highest BCUT2D eigenvalue weighted by Crippen LogP contribution is 2.21. The number of rotatable bonds is 5. The third-order valence-electron chi connectivity index (χ3n) is 2.23. The van der Waals surface area contributed by atoms with Crippen molar-refractivity contribution < 1.29 is 0 Å². The lowest BCUT2D eigenvalue weighted by atomic mass is 10.1. The van der Waals surface area contributed by atoms with Gasteiger partial charge in [0.05, 0.1) is 10.7 Å². The summed E-state index contributed by atoms with van der Waals surface area (Å²) in [7, 11) is 0. The lowest BCUT2D eigenvalue weighted by Gasteiger charge is -2.02. The number of nitrogens with two attached hydrogens (primary N) is 1. The Bertz CT molecular complexity index is 279. The Morgan fingerprint density at radius 3 is 2.71 bits per heavy atom. The highest BCUT2D eigenvalue weighted by atomic mass is 32.1. The minimum absolute atomic E-state index is 0.297. The molecular weight excluding hydrogens is 192 g/mol. The Balaban J connectivity index is 2.58. The average molecular weight is 212 g/mol. The van der Waals surface area contributed by atoms with E-state index in [2.05, 4.69) is 25.8 Å². The van der Waals surface area contributed by atoms with Crippen molar-refractivity contribution in [2.75, 3.05) is 0 Å². The summed E-state index contributed by atoms with van der Waals surface area (Å²) in [5.41, 5.74) is 6.95. The van der Waals surface area contributed by atoms with Gasteiger partial charge < -0.3 is 5.73 Å². The maximum Gasteiger partial charge on any atom is 0.0930 e. The van der Waals surface area contributed by atoms with Crippen molar-refractivity contribution in [1.82, 2.24) is 4.98 Å². The maximum absolute atomic E-state index is 5.74. The third kappa shape index (κ3) is 3.39. The highest BCUT2D eigenvalue weighted by Gasteiger charge is 2.07. The first-order valence-corrected chi connectivity index (χ1v) is 6.16. The van der Waals surface area contributed by atoms with Crippen LogP contribution in [0.4, 0.5) is 0 Å². The van der Waals surface area contributed by atoms with Gasteiger partial charge in [-0.25, -0.2) is 4.98 Å². The van der Waals surface area contributed by atoms with Crippen LogP contribution >= 0.6 is 11.3 Å². The SMILES string of the molecule is CCCc1nc(C)c(CCC(C)N)s1. The number of hydrogen-bond donors (Lipinski definition) is 1. The number of hydrogen-bond acceptors (Lipinski definition) is 3. The molecule has 1 unspecified atom stereocenters. The van der Waals surface area contributed by atoms with Crippen molar-refractivity contribution in [2.45, 2.75) is 52.5 Å². The number of thiazole rings is 1. The number of nitrogens with zero attached hydrogens (tertiary/aromatic N) is 1. The Morgan fingerprint density at radius 2 is 2.14 bits per heavy atom. The van der Waals surface area contributed by atoms with Gasteiger partial charge in [-0.2, -0.15) is 0 Å². The summed E-state index contributed by atoms with van der Waals surface area (Å²) in [6.07, 6.45) is 4.45. The number of aryl methyl sites for hydroxylation is 3. The summed E-state index contributed by atoms with van der Waals surface area (Å²) in [5, 5.41) is 1.28. The molecule has 0 aromatic carbocycles. The third-order valence-corrected chi connectivity index (χ3v) is 3.50. The summed E-state index contributed by atoms with van der Waals surface area (Å²) >= 11 is 1.86. The molecule has 1 heterocycles. The molecule has 0 amide bonds. The van der Waals surface area contributed by atoms with Gasteiger partial charge in [0, 0.05) is 10.9 Å². The van der Waals surface area contributed by atoms with Crippen LogP contribution in [0.3, 0.4) is 0 Å². The zero-order valence-electron chi connectivity index (χ0n) is 9.34. The van der Waals surface area contributed by atoms with Crippen molar-refractivity contribution in [2.24, 2.45) is 5.73 Å². The molecular formula is C11H20N2S. The molecule has 80 valence electrons. The van der Waals surface area contributed by atoms with E-state index in [0.29, 0.717) is 6.04 Å². The van der Waals surface area contributed by atoms with Gasteiger partial charge >= 0.3 is 0 Å². The fourth-order valence-corrected chi connectivity index (χ4v) is 2.59. The summed E-state index contributed by atoms with van der Waals surface area (Å²) in [6, 6.07) is 0.297. The zero-order chi connectivity index (χ0) is 10.6. The fourth-order valence-electron chi connectivity index (χ4n) is 1.40. The molecule has 14 heavy (non-hydrogen) atoms. The Morgan fingerprint density at radius 1 is 1.43 bits per heavy atom. The molecule has 2 N–H and O–H groups in total. The quantitative estimate of drug-likeness (QED) is 0.815. The first-order valence-electron chi connectivity index (χ1n) is 5.34. The Labute approximate surface area is 90.6 Å². The van der Waals surface area contributed by atoms with E-state index in [0.717, 1.165) is 19.3 Å². The van der Waals surface area contributed by atoms with Gasteiger partial charge in [0.25, 0.3) is 0 Å². The van der Waals surface area contributed by atoms with Gasteiger partial charge in [-0.3, -0.25) is 0 Å². The van der Waals surface area contributed by atoms with Crippen LogP contribution in [0.5, 0.6) is 0 Å². The Kier molecular flexibility index (Phi) is 4.55. The van der Waals surface area contributed by atoms with Crippen molar-refractivity contribution in [3.05, 3.63) is 15.6 Å². The van der Waals surface area contributed by atoms with Gasteiger partial charge in [0.1, 0.15) is 0 Å². The fraction of sp³-hybridized carbons (Fsp3) is 0.727. The minimum Gasteiger partial charge on any atom is -0.328 e. The van der Waals surface area contributed by atoms with E-state index in [-0.39, 0.29) is 0 Å². The molecule has 0 spiro atoms. The second kappa shape index (κ2) is 5.47. The maximum atomic E-state index is 5.74. The van der Waals surface area contributed by atoms with Crippen LogP contribution in [0.25, 0.3) is 0 Å². The van der Waals surface area contributed by atoms with E-state index in [9.17, 15) is 0 Å². The van der Waals surface area contributed by atoms with E-state index in [4.69, 9.17) is 5.73 Å². The first kappa shape index (κ1) is 11.7. The molecule has 0 aliphatic heterocycles. The molecule has 0 aliphatic rings. The zero-order valence-corrected chi connectivity index (χ0v) is 10.2. The van der Waals surface area contributed by atoms with Crippen molar-refractivity contribution >= 4 is 11.3 Å².